The van der Waals surface area contributed by atoms with Crippen LogP contribution in [0.2, 0.25) is 0 Å². The molecule has 27 heavy (non-hydrogen) atoms. The van der Waals surface area contributed by atoms with Gasteiger partial charge in [0, 0.05) is 18.3 Å². The third-order valence-corrected chi connectivity index (χ3v) is 5.80. The summed E-state index contributed by atoms with van der Waals surface area (Å²) in [5.41, 5.74) is 2.85. The fourth-order valence-electron chi connectivity index (χ4n) is 4.30. The summed E-state index contributed by atoms with van der Waals surface area (Å²) in [7, 11) is 0. The second-order valence-electron chi connectivity index (χ2n) is 8.07. The van der Waals surface area contributed by atoms with Crippen LogP contribution in [0.3, 0.4) is 0 Å². The Bertz CT molecular complexity index is 443. The minimum Gasteiger partial charge on any atom is -0.368 e. The smallest absolute Gasteiger partial charge is 0.0401 e. The topological polar surface area (TPSA) is 3.24 Å². The van der Waals surface area contributed by atoms with E-state index in [4.69, 9.17) is 0 Å². The molecule has 0 N–H and O–H groups in total. The van der Waals surface area contributed by atoms with E-state index in [-0.39, 0.29) is 0 Å². The summed E-state index contributed by atoms with van der Waals surface area (Å²) in [6.45, 7) is 13.7. The Morgan fingerprint density at radius 1 is 0.815 bits per heavy atom. The van der Waals surface area contributed by atoms with Crippen molar-refractivity contribution in [2.45, 2.75) is 110 Å². The quantitative estimate of drug-likeness (QED) is 0.261. The van der Waals surface area contributed by atoms with E-state index in [0.29, 0.717) is 6.04 Å². The van der Waals surface area contributed by atoms with Gasteiger partial charge in [0.2, 0.25) is 0 Å². The monoisotopic (exact) mass is 371 g/mol. The fraction of sp³-hybridized carbons (Fsp3) is 0.692. The Labute approximate surface area is 170 Å². The van der Waals surface area contributed by atoms with Crippen LogP contribution in [-0.2, 0) is 0 Å². The van der Waals surface area contributed by atoms with E-state index in [9.17, 15) is 0 Å². The number of piperidine rings is 1. The fourth-order valence-corrected chi connectivity index (χ4v) is 4.30. The zero-order chi connectivity index (χ0) is 19.7. The highest BCUT2D eigenvalue weighted by Gasteiger charge is 2.25. The first-order valence-corrected chi connectivity index (χ1v) is 11.7. The van der Waals surface area contributed by atoms with E-state index in [0.717, 1.165) is 0 Å². The molecule has 0 aliphatic carbocycles. The molecule has 0 aromatic rings. The lowest BCUT2D eigenvalue weighted by Gasteiger charge is -2.40. The highest BCUT2D eigenvalue weighted by molar-refractivity contribution is 5.36. The minimum atomic E-state index is 0.688. The highest BCUT2D eigenvalue weighted by Crippen LogP contribution is 2.32. The first kappa shape index (κ1) is 23.8. The van der Waals surface area contributed by atoms with Crippen LogP contribution in [0.4, 0.5) is 0 Å². The molecule has 0 atom stereocenters. The van der Waals surface area contributed by atoms with Gasteiger partial charge in [0.15, 0.2) is 0 Å². The average Bonchev–Trinajstić information content (AvgIpc) is 2.68. The summed E-state index contributed by atoms with van der Waals surface area (Å²) in [4.78, 5) is 2.71. The van der Waals surface area contributed by atoms with Gasteiger partial charge in [-0.3, -0.25) is 0 Å². The first-order valence-electron chi connectivity index (χ1n) is 11.7. The highest BCUT2D eigenvalue weighted by atomic mass is 15.2. The van der Waals surface area contributed by atoms with Crippen molar-refractivity contribution in [3.8, 4) is 0 Å². The van der Waals surface area contributed by atoms with Crippen molar-refractivity contribution < 1.29 is 0 Å². The molecular weight excluding hydrogens is 326 g/mol. The molecule has 0 bridgehead atoms. The Hall–Kier alpha value is -1.24. The van der Waals surface area contributed by atoms with Crippen molar-refractivity contribution >= 4 is 0 Å². The Kier molecular flexibility index (Phi) is 13.9. The van der Waals surface area contributed by atoms with Gasteiger partial charge in [0.05, 0.1) is 0 Å². The lowest BCUT2D eigenvalue weighted by atomic mass is 9.93. The molecule has 1 aliphatic heterocycles. The summed E-state index contributed by atoms with van der Waals surface area (Å²) >= 11 is 0. The van der Waals surface area contributed by atoms with Crippen molar-refractivity contribution in [2.24, 2.45) is 0 Å². The van der Waals surface area contributed by atoms with Crippen LogP contribution >= 0.6 is 0 Å². The van der Waals surface area contributed by atoms with E-state index in [1.165, 1.54) is 108 Å². The van der Waals surface area contributed by atoms with Crippen LogP contribution in [0.1, 0.15) is 104 Å². The number of rotatable bonds is 15. The molecule has 1 rings (SSSR count). The molecule has 0 radical (unpaired) electrons. The Morgan fingerprint density at radius 2 is 1.37 bits per heavy atom. The predicted octanol–water partition coefficient (Wildman–Crippen LogP) is 8.35. The molecule has 0 unspecified atom stereocenters. The maximum absolute atomic E-state index is 3.98. The average molecular weight is 372 g/mol. The molecule has 1 heterocycles. The molecule has 1 nitrogen and oxygen atoms in total. The number of allylic oxidation sites excluding steroid dienone is 5. The van der Waals surface area contributed by atoms with E-state index >= 15 is 0 Å². The SMILES string of the molecule is C=C/C=C1/CCCN(C(CCCCCCC)CCCCCCC)/C1=C/C=C. The maximum atomic E-state index is 3.98. The molecule has 1 saturated heterocycles. The van der Waals surface area contributed by atoms with Crippen molar-refractivity contribution in [3.63, 3.8) is 0 Å². The molecule has 1 aliphatic rings. The predicted molar refractivity (Wildman–Crippen MR) is 123 cm³/mol. The molecule has 0 amide bonds. The van der Waals surface area contributed by atoms with Gasteiger partial charge in [0.1, 0.15) is 0 Å². The summed E-state index contributed by atoms with van der Waals surface area (Å²) in [6.07, 6.45) is 27.2. The molecule has 0 aromatic heterocycles. The van der Waals surface area contributed by atoms with E-state index < -0.39 is 0 Å². The molecule has 0 spiro atoms. The zero-order valence-corrected chi connectivity index (χ0v) is 18.4. The van der Waals surface area contributed by atoms with Gasteiger partial charge in [0.25, 0.3) is 0 Å². The normalized spacial score (nSPS) is 17.8. The van der Waals surface area contributed by atoms with Crippen LogP contribution in [0, 0.1) is 0 Å². The van der Waals surface area contributed by atoms with Gasteiger partial charge < -0.3 is 4.90 Å². The van der Waals surface area contributed by atoms with Crippen molar-refractivity contribution in [1.82, 2.24) is 4.90 Å². The van der Waals surface area contributed by atoms with Crippen LogP contribution in [-0.4, -0.2) is 17.5 Å². The second kappa shape index (κ2) is 15.8. The van der Waals surface area contributed by atoms with Gasteiger partial charge >= 0.3 is 0 Å². The van der Waals surface area contributed by atoms with Crippen LogP contribution in [0.25, 0.3) is 0 Å². The zero-order valence-electron chi connectivity index (χ0n) is 18.4. The summed E-state index contributed by atoms with van der Waals surface area (Å²) < 4.78 is 0. The first-order chi connectivity index (χ1) is 13.3. The van der Waals surface area contributed by atoms with Crippen LogP contribution in [0.15, 0.2) is 48.7 Å². The van der Waals surface area contributed by atoms with E-state index in [1.807, 2.05) is 12.2 Å². The molecule has 0 aromatic carbocycles. The summed E-state index contributed by atoms with van der Waals surface area (Å²) in [6, 6.07) is 0.688. The Balaban J connectivity index is 2.76. The number of likely N-dealkylation sites (tertiary alicyclic amines) is 1. The molecule has 1 heteroatoms. The van der Waals surface area contributed by atoms with Gasteiger partial charge in [-0.05, 0) is 37.3 Å². The lowest BCUT2D eigenvalue weighted by Crippen LogP contribution is -2.38. The van der Waals surface area contributed by atoms with Crippen LogP contribution < -0.4 is 0 Å². The van der Waals surface area contributed by atoms with Crippen molar-refractivity contribution in [1.29, 1.82) is 0 Å². The third kappa shape index (κ3) is 9.49. The molecule has 0 saturated carbocycles. The maximum Gasteiger partial charge on any atom is 0.0401 e. The van der Waals surface area contributed by atoms with Gasteiger partial charge in [-0.1, -0.05) is 109 Å². The number of hydrogen-bond donors (Lipinski definition) is 0. The van der Waals surface area contributed by atoms with Crippen molar-refractivity contribution in [3.05, 3.63) is 48.7 Å². The van der Waals surface area contributed by atoms with Gasteiger partial charge in [-0.25, -0.2) is 0 Å². The number of hydrogen-bond acceptors (Lipinski definition) is 1. The second-order valence-corrected chi connectivity index (χ2v) is 8.07. The number of unbranched alkanes of at least 4 members (excludes halogenated alkanes) is 8. The largest absolute Gasteiger partial charge is 0.368 e. The van der Waals surface area contributed by atoms with Gasteiger partial charge in [-0.2, -0.15) is 0 Å². The Morgan fingerprint density at radius 3 is 1.89 bits per heavy atom. The minimum absolute atomic E-state index is 0.688. The lowest BCUT2D eigenvalue weighted by molar-refractivity contribution is 0.206. The van der Waals surface area contributed by atoms with E-state index in [1.54, 1.807) is 0 Å². The molecule has 1 fully saturated rings. The van der Waals surface area contributed by atoms with E-state index in [2.05, 4.69) is 44.1 Å². The molecular formula is C26H45N. The third-order valence-electron chi connectivity index (χ3n) is 5.80. The molecule has 154 valence electrons. The standard InChI is InChI=1S/C26H45N/c1-5-9-11-13-15-21-25(22-16-14-12-10-6-2)27-23-17-20-24(18-7-3)26(27)19-8-4/h7-8,18-19,25H,3-6,9-17,20-23H2,1-2H3/b24-18-,26-19+. The van der Waals surface area contributed by atoms with Crippen molar-refractivity contribution in [2.75, 3.05) is 6.54 Å². The van der Waals surface area contributed by atoms with Gasteiger partial charge in [-0.15, -0.1) is 0 Å². The summed E-state index contributed by atoms with van der Waals surface area (Å²) in [5, 5.41) is 0. The van der Waals surface area contributed by atoms with Crippen LogP contribution in [0.5, 0.6) is 0 Å². The summed E-state index contributed by atoms with van der Waals surface area (Å²) in [5.74, 6) is 0. The number of nitrogens with zero attached hydrogens (tertiary/aromatic N) is 1.